The highest BCUT2D eigenvalue weighted by atomic mass is 35.5. The van der Waals surface area contributed by atoms with Gasteiger partial charge in [0.1, 0.15) is 5.75 Å². The number of methoxy groups -OCH3 is 1. The molecule has 2 rings (SSSR count). The Hall–Kier alpha value is -0.770. The molecule has 0 amide bonds. The Balaban J connectivity index is 2.18. The average Bonchev–Trinajstić information content (AvgIpc) is 2.53. The Bertz CT molecular complexity index is 446. The molecular weight excluding hydrogens is 286 g/mol. The smallest absolute Gasteiger partial charge is 0.137 e. The van der Waals surface area contributed by atoms with E-state index in [-0.39, 0.29) is 12.1 Å². The Kier molecular flexibility index (Phi) is 6.34. The number of halogens is 1. The van der Waals surface area contributed by atoms with E-state index >= 15 is 0 Å². The molecular formula is C17H26ClNO2. The number of hydrogen-bond donors (Lipinski definition) is 1. The third kappa shape index (κ3) is 4.12. The number of rotatable bonds is 6. The molecule has 0 heterocycles. The van der Waals surface area contributed by atoms with Crippen LogP contribution in [-0.4, -0.2) is 19.8 Å². The van der Waals surface area contributed by atoms with Gasteiger partial charge in [-0.2, -0.15) is 0 Å². The third-order valence-corrected chi connectivity index (χ3v) is 4.70. The number of benzene rings is 1. The van der Waals surface area contributed by atoms with Crippen molar-refractivity contribution in [1.29, 1.82) is 0 Å². The Morgan fingerprint density at radius 2 is 2.00 bits per heavy atom. The second-order valence-electron chi connectivity index (χ2n) is 5.74. The fraction of sp³-hybridized carbons (Fsp3) is 0.647. The van der Waals surface area contributed by atoms with Gasteiger partial charge in [0, 0.05) is 6.61 Å². The van der Waals surface area contributed by atoms with Gasteiger partial charge in [0.05, 0.1) is 24.3 Å². The van der Waals surface area contributed by atoms with Crippen molar-refractivity contribution in [2.24, 2.45) is 11.7 Å². The summed E-state index contributed by atoms with van der Waals surface area (Å²) in [4.78, 5) is 0. The van der Waals surface area contributed by atoms with E-state index in [0.29, 0.717) is 23.3 Å². The molecule has 1 saturated carbocycles. The van der Waals surface area contributed by atoms with Gasteiger partial charge in [0.25, 0.3) is 0 Å². The molecule has 0 saturated heterocycles. The van der Waals surface area contributed by atoms with Gasteiger partial charge in [-0.1, -0.05) is 36.9 Å². The summed E-state index contributed by atoms with van der Waals surface area (Å²) in [5.41, 5.74) is 7.53. The van der Waals surface area contributed by atoms with E-state index in [4.69, 9.17) is 26.8 Å². The van der Waals surface area contributed by atoms with Gasteiger partial charge < -0.3 is 15.2 Å². The maximum absolute atomic E-state index is 6.51. The van der Waals surface area contributed by atoms with Crippen molar-refractivity contribution in [2.75, 3.05) is 13.7 Å². The van der Waals surface area contributed by atoms with Gasteiger partial charge in [-0.3, -0.25) is 0 Å². The van der Waals surface area contributed by atoms with Gasteiger partial charge in [0.15, 0.2) is 0 Å². The summed E-state index contributed by atoms with van der Waals surface area (Å²) in [6, 6.07) is 5.62. The molecule has 1 aromatic rings. The van der Waals surface area contributed by atoms with Crippen molar-refractivity contribution in [1.82, 2.24) is 0 Å². The highest BCUT2D eigenvalue weighted by molar-refractivity contribution is 6.32. The van der Waals surface area contributed by atoms with E-state index in [0.717, 1.165) is 5.56 Å². The standard InChI is InChI=1S/C17H26ClNO2/c1-3-21-17(12-7-5-4-6-8-12)16(19)13-9-10-14(18)15(11-13)20-2/h9-12,16-17H,3-8,19H2,1-2H3. The van der Waals surface area contributed by atoms with E-state index in [1.807, 2.05) is 25.1 Å². The average molecular weight is 312 g/mol. The van der Waals surface area contributed by atoms with Gasteiger partial charge >= 0.3 is 0 Å². The first-order chi connectivity index (χ1) is 10.2. The molecule has 0 aliphatic heterocycles. The van der Waals surface area contributed by atoms with Crippen molar-refractivity contribution in [3.05, 3.63) is 28.8 Å². The molecule has 2 atom stereocenters. The van der Waals surface area contributed by atoms with E-state index in [2.05, 4.69) is 0 Å². The third-order valence-electron chi connectivity index (χ3n) is 4.39. The molecule has 21 heavy (non-hydrogen) atoms. The maximum Gasteiger partial charge on any atom is 0.137 e. The van der Waals surface area contributed by atoms with Crippen LogP contribution < -0.4 is 10.5 Å². The summed E-state index contributed by atoms with van der Waals surface area (Å²) in [7, 11) is 1.62. The topological polar surface area (TPSA) is 44.5 Å². The summed E-state index contributed by atoms with van der Waals surface area (Å²) in [5.74, 6) is 1.22. The molecule has 0 radical (unpaired) electrons. The number of ether oxygens (including phenoxy) is 2. The molecule has 1 aromatic carbocycles. The number of nitrogens with two attached hydrogens (primary N) is 1. The van der Waals surface area contributed by atoms with Crippen molar-refractivity contribution in [3.8, 4) is 5.75 Å². The van der Waals surface area contributed by atoms with Crippen LogP contribution in [0.3, 0.4) is 0 Å². The van der Waals surface area contributed by atoms with Gasteiger partial charge in [-0.15, -0.1) is 0 Å². The molecule has 0 spiro atoms. The zero-order valence-corrected chi connectivity index (χ0v) is 13.7. The van der Waals surface area contributed by atoms with E-state index in [1.165, 1.54) is 32.1 Å². The largest absolute Gasteiger partial charge is 0.495 e. The summed E-state index contributed by atoms with van der Waals surface area (Å²) in [5, 5.41) is 0.610. The van der Waals surface area contributed by atoms with Crippen LogP contribution in [0.2, 0.25) is 5.02 Å². The second-order valence-corrected chi connectivity index (χ2v) is 6.15. The minimum Gasteiger partial charge on any atom is -0.495 e. The normalized spacial score (nSPS) is 19.2. The van der Waals surface area contributed by atoms with E-state index in [9.17, 15) is 0 Å². The summed E-state index contributed by atoms with van der Waals surface area (Å²) >= 11 is 6.09. The van der Waals surface area contributed by atoms with Gasteiger partial charge in [-0.05, 0) is 43.4 Å². The second kappa shape index (κ2) is 8.02. The Morgan fingerprint density at radius 1 is 1.29 bits per heavy atom. The lowest BCUT2D eigenvalue weighted by atomic mass is 9.81. The van der Waals surface area contributed by atoms with Crippen molar-refractivity contribution in [3.63, 3.8) is 0 Å². The Morgan fingerprint density at radius 3 is 2.62 bits per heavy atom. The lowest BCUT2D eigenvalue weighted by molar-refractivity contribution is -0.00988. The van der Waals surface area contributed by atoms with Crippen molar-refractivity contribution in [2.45, 2.75) is 51.2 Å². The molecule has 118 valence electrons. The van der Waals surface area contributed by atoms with Crippen LogP contribution in [-0.2, 0) is 4.74 Å². The molecule has 0 bridgehead atoms. The zero-order valence-electron chi connectivity index (χ0n) is 13.0. The van der Waals surface area contributed by atoms with E-state index in [1.54, 1.807) is 7.11 Å². The molecule has 1 fully saturated rings. The van der Waals surface area contributed by atoms with E-state index < -0.39 is 0 Å². The maximum atomic E-state index is 6.51. The fourth-order valence-electron chi connectivity index (χ4n) is 3.26. The van der Waals surface area contributed by atoms with Crippen LogP contribution in [0.4, 0.5) is 0 Å². The Labute approximate surface area is 132 Å². The molecule has 2 unspecified atom stereocenters. The van der Waals surface area contributed by atoms with Crippen LogP contribution in [0, 0.1) is 5.92 Å². The van der Waals surface area contributed by atoms with Crippen LogP contribution in [0.5, 0.6) is 5.75 Å². The molecule has 1 aliphatic carbocycles. The lowest BCUT2D eigenvalue weighted by Gasteiger charge is -2.34. The first-order valence-electron chi connectivity index (χ1n) is 7.88. The minimum atomic E-state index is -0.140. The predicted octanol–water partition coefficient (Wildman–Crippen LogP) is 4.33. The van der Waals surface area contributed by atoms with Crippen molar-refractivity contribution < 1.29 is 9.47 Å². The molecule has 0 aromatic heterocycles. The summed E-state index contributed by atoms with van der Waals surface area (Å²) in [6.45, 7) is 2.73. The first-order valence-corrected chi connectivity index (χ1v) is 8.25. The predicted molar refractivity (Wildman–Crippen MR) is 86.9 cm³/mol. The molecule has 3 nitrogen and oxygen atoms in total. The number of hydrogen-bond acceptors (Lipinski definition) is 3. The van der Waals surface area contributed by atoms with Crippen LogP contribution >= 0.6 is 11.6 Å². The zero-order chi connectivity index (χ0) is 15.2. The lowest BCUT2D eigenvalue weighted by Crippen LogP contribution is -2.36. The van der Waals surface area contributed by atoms with Crippen molar-refractivity contribution >= 4 is 11.6 Å². The van der Waals surface area contributed by atoms with Gasteiger partial charge in [0.2, 0.25) is 0 Å². The van der Waals surface area contributed by atoms with Gasteiger partial charge in [-0.25, -0.2) is 0 Å². The molecule has 4 heteroatoms. The monoisotopic (exact) mass is 311 g/mol. The highest BCUT2D eigenvalue weighted by Gasteiger charge is 2.30. The molecule has 1 aliphatic rings. The van der Waals surface area contributed by atoms with Crippen LogP contribution in [0.25, 0.3) is 0 Å². The first kappa shape index (κ1) is 16.6. The SMILES string of the molecule is CCOC(C1CCCCC1)C(N)c1ccc(Cl)c(OC)c1. The minimum absolute atomic E-state index is 0.0705. The molecule has 2 N–H and O–H groups in total. The quantitative estimate of drug-likeness (QED) is 0.850. The summed E-state index contributed by atoms with van der Waals surface area (Å²) in [6.07, 6.45) is 6.39. The van der Waals surface area contributed by atoms with Crippen LogP contribution in [0.1, 0.15) is 50.6 Å². The fourth-order valence-corrected chi connectivity index (χ4v) is 3.46. The highest BCUT2D eigenvalue weighted by Crippen LogP contribution is 2.35. The summed E-state index contributed by atoms with van der Waals surface area (Å²) < 4.78 is 11.3. The van der Waals surface area contributed by atoms with Crippen LogP contribution in [0.15, 0.2) is 18.2 Å².